The smallest absolute Gasteiger partial charge is 0.304 e. The number of nitrogens with two attached hydrogens (primary N) is 1. The number of carboxylic acids is 1. The molecule has 0 aliphatic heterocycles. The van der Waals surface area contributed by atoms with Gasteiger partial charge in [-0.3, -0.25) is 4.79 Å². The topological polar surface area (TPSA) is 63.3 Å². The van der Waals surface area contributed by atoms with Gasteiger partial charge in [0.15, 0.2) is 0 Å². The Kier molecular flexibility index (Phi) is 3.95. The number of carboxylic acid groups (broad SMARTS) is 1. The van der Waals surface area contributed by atoms with Crippen LogP contribution in [0, 0.1) is 11.6 Å². The summed E-state index contributed by atoms with van der Waals surface area (Å²) >= 11 is 0. The molecule has 0 aliphatic carbocycles. The van der Waals surface area contributed by atoms with Crippen LogP contribution in [0.1, 0.15) is 24.8 Å². The second-order valence-electron chi connectivity index (χ2n) is 3.77. The molecule has 0 saturated heterocycles. The first-order chi connectivity index (χ1) is 7.40. The average Bonchev–Trinajstić information content (AvgIpc) is 2.11. The van der Waals surface area contributed by atoms with Crippen LogP contribution in [0.3, 0.4) is 0 Å². The van der Waals surface area contributed by atoms with Crippen molar-refractivity contribution < 1.29 is 18.7 Å². The fourth-order valence-electron chi connectivity index (χ4n) is 1.58. The molecule has 2 atom stereocenters. The third-order valence-electron chi connectivity index (χ3n) is 2.34. The van der Waals surface area contributed by atoms with Gasteiger partial charge in [0, 0.05) is 18.0 Å². The summed E-state index contributed by atoms with van der Waals surface area (Å²) in [5.74, 6) is -3.10. The molecule has 5 heteroatoms. The van der Waals surface area contributed by atoms with Crippen molar-refractivity contribution >= 4 is 5.97 Å². The fraction of sp³-hybridized carbons (Fsp3) is 0.364. The van der Waals surface area contributed by atoms with E-state index in [0.29, 0.717) is 0 Å². The molecule has 2 unspecified atom stereocenters. The first-order valence-corrected chi connectivity index (χ1v) is 4.83. The zero-order valence-electron chi connectivity index (χ0n) is 8.78. The highest BCUT2D eigenvalue weighted by molar-refractivity contribution is 5.68. The van der Waals surface area contributed by atoms with E-state index in [1.54, 1.807) is 6.92 Å². The minimum Gasteiger partial charge on any atom is -0.481 e. The van der Waals surface area contributed by atoms with Crippen LogP contribution in [0.2, 0.25) is 0 Å². The molecule has 1 aromatic rings. The van der Waals surface area contributed by atoms with E-state index < -0.39 is 29.6 Å². The van der Waals surface area contributed by atoms with Crippen molar-refractivity contribution in [3.05, 3.63) is 35.4 Å². The average molecular weight is 229 g/mol. The molecule has 0 amide bonds. The van der Waals surface area contributed by atoms with Crippen LogP contribution in [-0.2, 0) is 4.79 Å². The minimum atomic E-state index is -1.05. The van der Waals surface area contributed by atoms with E-state index in [-0.39, 0.29) is 12.0 Å². The summed E-state index contributed by atoms with van der Waals surface area (Å²) in [7, 11) is 0. The number of halogens is 2. The third kappa shape index (κ3) is 3.27. The molecule has 0 bridgehead atoms. The van der Waals surface area contributed by atoms with Crippen LogP contribution in [0.4, 0.5) is 8.78 Å². The summed E-state index contributed by atoms with van der Waals surface area (Å²) in [6.45, 7) is 1.61. The number of aliphatic carboxylic acids is 1. The summed E-state index contributed by atoms with van der Waals surface area (Å²) in [5, 5.41) is 8.69. The van der Waals surface area contributed by atoms with Gasteiger partial charge in [-0.25, -0.2) is 8.78 Å². The van der Waals surface area contributed by atoms with Gasteiger partial charge in [-0.15, -0.1) is 0 Å². The number of rotatable bonds is 4. The number of hydrogen-bond donors (Lipinski definition) is 2. The maximum atomic E-state index is 13.0. The van der Waals surface area contributed by atoms with Crippen molar-refractivity contribution in [1.29, 1.82) is 0 Å². The molecule has 16 heavy (non-hydrogen) atoms. The summed E-state index contributed by atoms with van der Waals surface area (Å²) in [6.07, 6.45) is -0.249. The van der Waals surface area contributed by atoms with Gasteiger partial charge in [-0.2, -0.15) is 0 Å². The lowest BCUT2D eigenvalue weighted by atomic mass is 9.90. The maximum Gasteiger partial charge on any atom is 0.304 e. The van der Waals surface area contributed by atoms with Gasteiger partial charge in [-0.1, -0.05) is 0 Å². The fourth-order valence-corrected chi connectivity index (χ4v) is 1.58. The van der Waals surface area contributed by atoms with Crippen LogP contribution >= 0.6 is 0 Å². The van der Waals surface area contributed by atoms with Gasteiger partial charge in [0.2, 0.25) is 0 Å². The van der Waals surface area contributed by atoms with Crippen molar-refractivity contribution in [3.63, 3.8) is 0 Å². The Hall–Kier alpha value is -1.49. The molecule has 0 radical (unpaired) electrons. The third-order valence-corrected chi connectivity index (χ3v) is 2.34. The maximum absolute atomic E-state index is 13.0. The highest BCUT2D eigenvalue weighted by Gasteiger charge is 2.20. The molecule has 0 fully saturated rings. The molecule has 88 valence electrons. The Morgan fingerprint density at radius 3 is 2.25 bits per heavy atom. The lowest BCUT2D eigenvalue weighted by Gasteiger charge is -2.19. The number of carbonyl (C=O) groups is 1. The first kappa shape index (κ1) is 12.6. The van der Waals surface area contributed by atoms with Gasteiger partial charge in [0.1, 0.15) is 11.6 Å². The zero-order chi connectivity index (χ0) is 12.3. The Bertz CT molecular complexity index is 373. The molecule has 0 spiro atoms. The summed E-state index contributed by atoms with van der Waals surface area (Å²) in [5.41, 5.74) is 5.88. The zero-order valence-corrected chi connectivity index (χ0v) is 8.78. The standard InChI is InChI=1S/C11H13F2NO2/c1-6(14)10(5-11(15)16)7-2-8(12)4-9(13)3-7/h2-4,6,10H,5,14H2,1H3,(H,15,16). The van der Waals surface area contributed by atoms with Gasteiger partial charge in [0.05, 0.1) is 6.42 Å². The Labute approximate surface area is 91.9 Å². The van der Waals surface area contributed by atoms with Crippen LogP contribution in [0.15, 0.2) is 18.2 Å². The monoisotopic (exact) mass is 229 g/mol. The van der Waals surface area contributed by atoms with E-state index in [0.717, 1.165) is 18.2 Å². The number of benzene rings is 1. The van der Waals surface area contributed by atoms with Gasteiger partial charge in [0.25, 0.3) is 0 Å². The summed E-state index contributed by atoms with van der Waals surface area (Å²) in [6, 6.07) is 2.47. The summed E-state index contributed by atoms with van der Waals surface area (Å²) < 4.78 is 25.9. The van der Waals surface area contributed by atoms with E-state index in [1.165, 1.54) is 0 Å². The van der Waals surface area contributed by atoms with E-state index in [2.05, 4.69) is 0 Å². The quantitative estimate of drug-likeness (QED) is 0.828. The van der Waals surface area contributed by atoms with E-state index in [1.807, 2.05) is 0 Å². The van der Waals surface area contributed by atoms with Gasteiger partial charge in [-0.05, 0) is 24.6 Å². The highest BCUT2D eigenvalue weighted by atomic mass is 19.1. The van der Waals surface area contributed by atoms with Crippen LogP contribution in [0.5, 0.6) is 0 Å². The van der Waals surface area contributed by atoms with Crippen molar-refractivity contribution in [3.8, 4) is 0 Å². The molecular weight excluding hydrogens is 216 g/mol. The molecule has 0 saturated carbocycles. The van der Waals surface area contributed by atoms with Crippen LogP contribution in [-0.4, -0.2) is 17.1 Å². The summed E-state index contributed by atoms with van der Waals surface area (Å²) in [4.78, 5) is 10.6. The molecule has 1 rings (SSSR count). The highest BCUT2D eigenvalue weighted by Crippen LogP contribution is 2.24. The van der Waals surface area contributed by atoms with Crippen LogP contribution in [0.25, 0.3) is 0 Å². The largest absolute Gasteiger partial charge is 0.481 e. The van der Waals surface area contributed by atoms with Crippen molar-refractivity contribution in [2.75, 3.05) is 0 Å². The second kappa shape index (κ2) is 5.03. The molecular formula is C11H13F2NO2. The number of hydrogen-bond acceptors (Lipinski definition) is 2. The lowest BCUT2D eigenvalue weighted by Crippen LogP contribution is -2.27. The minimum absolute atomic E-state index is 0.249. The molecule has 1 aromatic carbocycles. The molecule has 0 aliphatic rings. The predicted molar refractivity (Wildman–Crippen MR) is 55.0 cm³/mol. The molecule has 3 N–H and O–H groups in total. The Morgan fingerprint density at radius 1 is 1.38 bits per heavy atom. The lowest BCUT2D eigenvalue weighted by molar-refractivity contribution is -0.137. The van der Waals surface area contributed by atoms with Crippen molar-refractivity contribution in [2.45, 2.75) is 25.3 Å². The molecule has 0 aromatic heterocycles. The van der Waals surface area contributed by atoms with E-state index in [9.17, 15) is 13.6 Å². The SMILES string of the molecule is CC(N)C(CC(=O)O)c1cc(F)cc(F)c1. The van der Waals surface area contributed by atoms with Crippen molar-refractivity contribution in [2.24, 2.45) is 5.73 Å². The second-order valence-corrected chi connectivity index (χ2v) is 3.77. The first-order valence-electron chi connectivity index (χ1n) is 4.83. The normalized spacial score (nSPS) is 14.5. The predicted octanol–water partition coefficient (Wildman–Crippen LogP) is 1.87. The van der Waals surface area contributed by atoms with Crippen LogP contribution < -0.4 is 5.73 Å². The van der Waals surface area contributed by atoms with E-state index in [4.69, 9.17) is 10.8 Å². The van der Waals surface area contributed by atoms with Gasteiger partial charge >= 0.3 is 5.97 Å². The molecule has 0 heterocycles. The Morgan fingerprint density at radius 2 is 1.88 bits per heavy atom. The van der Waals surface area contributed by atoms with Gasteiger partial charge < -0.3 is 10.8 Å². The molecule has 3 nitrogen and oxygen atoms in total. The Balaban J connectivity index is 3.05. The van der Waals surface area contributed by atoms with E-state index >= 15 is 0 Å². The van der Waals surface area contributed by atoms with Crippen molar-refractivity contribution in [1.82, 2.24) is 0 Å².